The monoisotopic (exact) mass is 157 g/mol. The minimum absolute atomic E-state index is 0.319. The quantitative estimate of drug-likeness (QED) is 0.497. The van der Waals surface area contributed by atoms with E-state index in [1.165, 1.54) is 0 Å². The Morgan fingerprint density at radius 2 is 1.36 bits per heavy atom. The van der Waals surface area contributed by atoms with Crippen molar-refractivity contribution in [2.45, 2.75) is 27.7 Å². The Kier molecular flexibility index (Phi) is 7.98. The summed E-state index contributed by atoms with van der Waals surface area (Å²) >= 11 is 0. The fourth-order valence-electron chi connectivity index (χ4n) is 0.425. The number of nitrogens with two attached hydrogens (primary N) is 3. The number of allylic oxidation sites excluding steroid dienone is 3. The standard InChI is InChI=1S/C6H13N3.C2H6/c1-4(6(8)9)3-5(2)7;1-2/h3H,7-9H2,1-2H3;1-2H3/b5-3-;. The Labute approximate surface area is 68.9 Å². The molecule has 66 valence electrons. The highest BCUT2D eigenvalue weighted by atomic mass is 14.8. The van der Waals surface area contributed by atoms with Crippen LogP contribution in [0.15, 0.2) is 23.2 Å². The molecule has 0 aromatic carbocycles. The highest BCUT2D eigenvalue weighted by Crippen LogP contribution is 1.96. The van der Waals surface area contributed by atoms with Gasteiger partial charge >= 0.3 is 0 Å². The van der Waals surface area contributed by atoms with Crippen LogP contribution >= 0.6 is 0 Å². The van der Waals surface area contributed by atoms with Crippen molar-refractivity contribution in [1.82, 2.24) is 0 Å². The fraction of sp³-hybridized carbons (Fsp3) is 0.500. The highest BCUT2D eigenvalue weighted by Gasteiger charge is 1.86. The van der Waals surface area contributed by atoms with Crippen molar-refractivity contribution in [2.75, 3.05) is 0 Å². The van der Waals surface area contributed by atoms with E-state index in [0.29, 0.717) is 11.5 Å². The molecule has 0 unspecified atom stereocenters. The van der Waals surface area contributed by atoms with E-state index in [1.54, 1.807) is 13.0 Å². The van der Waals surface area contributed by atoms with Crippen molar-refractivity contribution in [3.63, 3.8) is 0 Å². The van der Waals surface area contributed by atoms with Crippen molar-refractivity contribution in [2.24, 2.45) is 17.2 Å². The predicted octanol–water partition coefficient (Wildman–Crippen LogP) is 1.02. The zero-order chi connectivity index (χ0) is 9.44. The highest BCUT2D eigenvalue weighted by molar-refractivity contribution is 5.21. The van der Waals surface area contributed by atoms with Gasteiger partial charge in [0.05, 0.1) is 5.82 Å². The van der Waals surface area contributed by atoms with Crippen molar-refractivity contribution >= 4 is 0 Å². The zero-order valence-electron chi connectivity index (χ0n) is 7.81. The Morgan fingerprint density at radius 1 is 1.00 bits per heavy atom. The van der Waals surface area contributed by atoms with Crippen LogP contribution in [0.4, 0.5) is 0 Å². The summed E-state index contributed by atoms with van der Waals surface area (Å²) in [6.07, 6.45) is 1.73. The Balaban J connectivity index is 0. The lowest BCUT2D eigenvalue weighted by atomic mass is 10.2. The van der Waals surface area contributed by atoms with E-state index < -0.39 is 0 Å². The molecule has 0 rings (SSSR count). The van der Waals surface area contributed by atoms with Gasteiger partial charge in [0.15, 0.2) is 0 Å². The second-order valence-electron chi connectivity index (χ2n) is 2.03. The first-order valence-electron chi connectivity index (χ1n) is 3.69. The van der Waals surface area contributed by atoms with Gasteiger partial charge in [0.2, 0.25) is 0 Å². The third-order valence-electron chi connectivity index (χ3n) is 0.900. The topological polar surface area (TPSA) is 78.1 Å². The minimum atomic E-state index is 0.319. The maximum Gasteiger partial charge on any atom is 0.0964 e. The summed E-state index contributed by atoms with van der Waals surface area (Å²) in [4.78, 5) is 0. The first-order valence-corrected chi connectivity index (χ1v) is 3.69. The molecule has 0 aromatic rings. The lowest BCUT2D eigenvalue weighted by molar-refractivity contribution is 1.17. The van der Waals surface area contributed by atoms with Crippen molar-refractivity contribution in [3.05, 3.63) is 23.2 Å². The van der Waals surface area contributed by atoms with E-state index in [2.05, 4.69) is 0 Å². The number of hydrogen-bond donors (Lipinski definition) is 3. The molecule has 0 heterocycles. The molecule has 0 aromatic heterocycles. The minimum Gasteiger partial charge on any atom is -0.402 e. The van der Waals surface area contributed by atoms with Crippen LogP contribution < -0.4 is 17.2 Å². The van der Waals surface area contributed by atoms with Gasteiger partial charge in [-0.05, 0) is 25.5 Å². The molecular weight excluding hydrogens is 138 g/mol. The first-order chi connectivity index (χ1) is 5.04. The van der Waals surface area contributed by atoms with Crippen LogP contribution in [0.1, 0.15) is 27.7 Å². The molecule has 6 N–H and O–H groups in total. The van der Waals surface area contributed by atoms with Crippen molar-refractivity contribution < 1.29 is 0 Å². The van der Waals surface area contributed by atoms with E-state index in [4.69, 9.17) is 17.2 Å². The van der Waals surface area contributed by atoms with Gasteiger partial charge in [-0.25, -0.2) is 0 Å². The second-order valence-corrected chi connectivity index (χ2v) is 2.03. The Morgan fingerprint density at radius 3 is 1.45 bits per heavy atom. The van der Waals surface area contributed by atoms with Gasteiger partial charge in [0, 0.05) is 5.70 Å². The summed E-state index contributed by atoms with van der Waals surface area (Å²) in [5.41, 5.74) is 17.4. The number of hydrogen-bond acceptors (Lipinski definition) is 3. The summed E-state index contributed by atoms with van der Waals surface area (Å²) in [6, 6.07) is 0. The van der Waals surface area contributed by atoms with E-state index in [0.717, 1.165) is 5.57 Å². The average Bonchev–Trinajstić information content (AvgIpc) is 1.90. The molecule has 3 heteroatoms. The Hall–Kier alpha value is -1.12. The van der Waals surface area contributed by atoms with Gasteiger partial charge in [-0.3, -0.25) is 0 Å². The first kappa shape index (κ1) is 12.5. The molecule has 3 nitrogen and oxygen atoms in total. The van der Waals surface area contributed by atoms with Gasteiger partial charge in [0.25, 0.3) is 0 Å². The molecule has 0 bridgehead atoms. The van der Waals surface area contributed by atoms with E-state index in [9.17, 15) is 0 Å². The largest absolute Gasteiger partial charge is 0.402 e. The second kappa shape index (κ2) is 6.99. The molecule has 0 aliphatic heterocycles. The summed E-state index contributed by atoms with van der Waals surface area (Å²) < 4.78 is 0. The lowest BCUT2D eigenvalue weighted by Crippen LogP contribution is -2.10. The van der Waals surface area contributed by atoms with Gasteiger partial charge < -0.3 is 17.2 Å². The normalized spacial score (nSPS) is 9.64. The maximum atomic E-state index is 5.35. The SMILES string of the molecule is CC.CC(/C=C(/C)N)=C(N)N. The van der Waals surface area contributed by atoms with Crippen LogP contribution in [-0.4, -0.2) is 0 Å². The molecule has 0 radical (unpaired) electrons. The van der Waals surface area contributed by atoms with Crippen LogP contribution in [0.5, 0.6) is 0 Å². The van der Waals surface area contributed by atoms with Gasteiger partial charge in [-0.2, -0.15) is 0 Å². The van der Waals surface area contributed by atoms with E-state index in [1.807, 2.05) is 20.8 Å². The summed E-state index contributed by atoms with van der Waals surface area (Å²) in [5, 5.41) is 0. The third-order valence-corrected chi connectivity index (χ3v) is 0.900. The Bertz CT molecular complexity index is 149. The molecule has 0 spiro atoms. The molecular formula is C8H19N3. The predicted molar refractivity (Wildman–Crippen MR) is 50.4 cm³/mol. The summed E-state index contributed by atoms with van der Waals surface area (Å²) in [6.45, 7) is 7.60. The van der Waals surface area contributed by atoms with Crippen LogP contribution in [-0.2, 0) is 0 Å². The van der Waals surface area contributed by atoms with Crippen LogP contribution in [0.3, 0.4) is 0 Å². The molecule has 0 saturated heterocycles. The average molecular weight is 157 g/mol. The zero-order valence-corrected chi connectivity index (χ0v) is 7.81. The number of rotatable bonds is 1. The van der Waals surface area contributed by atoms with Crippen LogP contribution in [0, 0.1) is 0 Å². The summed E-state index contributed by atoms with van der Waals surface area (Å²) in [5.74, 6) is 0.319. The molecule has 0 amide bonds. The fourth-order valence-corrected chi connectivity index (χ4v) is 0.425. The smallest absolute Gasteiger partial charge is 0.0964 e. The van der Waals surface area contributed by atoms with Gasteiger partial charge in [-0.1, -0.05) is 13.8 Å². The lowest BCUT2D eigenvalue weighted by Gasteiger charge is -1.95. The van der Waals surface area contributed by atoms with Gasteiger partial charge in [-0.15, -0.1) is 0 Å². The van der Waals surface area contributed by atoms with Crippen molar-refractivity contribution in [3.8, 4) is 0 Å². The van der Waals surface area contributed by atoms with Crippen LogP contribution in [0.25, 0.3) is 0 Å². The van der Waals surface area contributed by atoms with Crippen molar-refractivity contribution in [1.29, 1.82) is 0 Å². The molecule has 11 heavy (non-hydrogen) atoms. The van der Waals surface area contributed by atoms with Gasteiger partial charge in [0.1, 0.15) is 0 Å². The molecule has 0 fully saturated rings. The molecule has 0 atom stereocenters. The van der Waals surface area contributed by atoms with E-state index in [-0.39, 0.29) is 0 Å². The molecule has 0 aliphatic carbocycles. The maximum absolute atomic E-state index is 5.35. The summed E-state index contributed by atoms with van der Waals surface area (Å²) in [7, 11) is 0. The van der Waals surface area contributed by atoms with E-state index >= 15 is 0 Å². The third kappa shape index (κ3) is 8.88. The molecule has 0 aliphatic rings. The molecule has 0 saturated carbocycles. The van der Waals surface area contributed by atoms with Crippen LogP contribution in [0.2, 0.25) is 0 Å².